The van der Waals surface area contributed by atoms with Crippen molar-refractivity contribution in [3.8, 4) is 0 Å². The van der Waals surface area contributed by atoms with E-state index >= 15 is 0 Å². The van der Waals surface area contributed by atoms with Crippen molar-refractivity contribution in [1.82, 2.24) is 15.5 Å². The third kappa shape index (κ3) is 3.02. The van der Waals surface area contributed by atoms with Gasteiger partial charge >= 0.3 is 0 Å². The smallest absolute Gasteiger partial charge is 0.239 e. The summed E-state index contributed by atoms with van der Waals surface area (Å²) in [6.45, 7) is 4.42. The predicted molar refractivity (Wildman–Crippen MR) is 48.1 cm³/mol. The molecule has 0 aromatic rings. The number of nitrogens with zero attached hydrogens (tertiary/aromatic N) is 1. The van der Waals surface area contributed by atoms with Crippen LogP contribution in [0.3, 0.4) is 0 Å². The lowest BCUT2D eigenvalue weighted by molar-refractivity contribution is -0.137. The second-order valence-corrected chi connectivity index (χ2v) is 2.95. The quantitative estimate of drug-likeness (QED) is 0.566. The van der Waals surface area contributed by atoms with E-state index in [9.17, 15) is 9.59 Å². The lowest BCUT2D eigenvalue weighted by Gasteiger charge is -2.26. The summed E-state index contributed by atoms with van der Waals surface area (Å²) in [6.07, 6.45) is 0. The summed E-state index contributed by atoms with van der Waals surface area (Å²) in [7, 11) is 0. The largest absolute Gasteiger partial charge is 0.353 e. The van der Waals surface area contributed by atoms with Crippen molar-refractivity contribution in [1.29, 1.82) is 0 Å². The van der Waals surface area contributed by atoms with Crippen LogP contribution in [-0.4, -0.2) is 49.4 Å². The molecule has 1 heterocycles. The molecule has 0 aromatic carbocycles. The van der Waals surface area contributed by atoms with Crippen LogP contribution in [0.5, 0.6) is 0 Å². The molecular weight excluding hydrogens is 170 g/mol. The second-order valence-electron chi connectivity index (χ2n) is 2.95. The lowest BCUT2D eigenvalue weighted by Crippen LogP contribution is -2.51. The Hall–Kier alpha value is -1.10. The molecular formula is C8H15N3O2. The van der Waals surface area contributed by atoms with Gasteiger partial charge in [-0.1, -0.05) is 6.92 Å². The summed E-state index contributed by atoms with van der Waals surface area (Å²) < 4.78 is 0. The van der Waals surface area contributed by atoms with E-state index < -0.39 is 0 Å². The maximum atomic E-state index is 11.4. The molecule has 0 saturated carbocycles. The van der Waals surface area contributed by atoms with Crippen molar-refractivity contribution in [3.05, 3.63) is 0 Å². The number of likely N-dealkylation sites (N-methyl/N-ethyl adjacent to an activating group) is 1. The standard InChI is InChI=1S/C8H15N3O2/c1-2-9-5-8(13)11-4-3-10-7(12)6-11/h9H,2-6H2,1H3,(H,10,12). The number of amides is 2. The van der Waals surface area contributed by atoms with Crippen molar-refractivity contribution in [2.45, 2.75) is 6.92 Å². The van der Waals surface area contributed by atoms with Crippen molar-refractivity contribution < 1.29 is 9.59 Å². The van der Waals surface area contributed by atoms with Gasteiger partial charge in [0.2, 0.25) is 11.8 Å². The Balaban J connectivity index is 2.32. The highest BCUT2D eigenvalue weighted by Crippen LogP contribution is 1.93. The van der Waals surface area contributed by atoms with Crippen LogP contribution in [0.25, 0.3) is 0 Å². The highest BCUT2D eigenvalue weighted by Gasteiger charge is 2.19. The molecule has 2 amide bonds. The van der Waals surface area contributed by atoms with Gasteiger partial charge in [-0.2, -0.15) is 0 Å². The Morgan fingerprint density at radius 2 is 2.46 bits per heavy atom. The number of nitrogens with one attached hydrogen (secondary N) is 2. The highest BCUT2D eigenvalue weighted by molar-refractivity contribution is 5.86. The molecule has 0 unspecified atom stereocenters. The van der Waals surface area contributed by atoms with Gasteiger partial charge in [0.05, 0.1) is 13.1 Å². The predicted octanol–water partition coefficient (Wildman–Crippen LogP) is -1.45. The number of carbonyl (C=O) groups is 2. The van der Waals surface area contributed by atoms with Gasteiger partial charge in [0.1, 0.15) is 0 Å². The molecule has 2 N–H and O–H groups in total. The molecule has 1 fully saturated rings. The van der Waals surface area contributed by atoms with E-state index in [4.69, 9.17) is 0 Å². The average Bonchev–Trinajstić information content (AvgIpc) is 2.14. The van der Waals surface area contributed by atoms with Crippen LogP contribution < -0.4 is 10.6 Å². The third-order valence-electron chi connectivity index (χ3n) is 1.92. The molecule has 1 aliphatic heterocycles. The first-order valence-corrected chi connectivity index (χ1v) is 4.49. The van der Waals surface area contributed by atoms with Crippen LogP contribution >= 0.6 is 0 Å². The number of piperazine rings is 1. The van der Waals surface area contributed by atoms with Crippen molar-refractivity contribution in [3.63, 3.8) is 0 Å². The number of hydrogen-bond acceptors (Lipinski definition) is 3. The fourth-order valence-electron chi connectivity index (χ4n) is 1.20. The number of carbonyl (C=O) groups excluding carboxylic acids is 2. The number of hydrogen-bond donors (Lipinski definition) is 2. The first-order valence-electron chi connectivity index (χ1n) is 4.49. The van der Waals surface area contributed by atoms with E-state index in [0.29, 0.717) is 19.6 Å². The third-order valence-corrected chi connectivity index (χ3v) is 1.92. The average molecular weight is 185 g/mol. The molecule has 74 valence electrons. The zero-order chi connectivity index (χ0) is 9.68. The topological polar surface area (TPSA) is 61.4 Å². The van der Waals surface area contributed by atoms with Crippen molar-refractivity contribution in [2.75, 3.05) is 32.7 Å². The summed E-state index contributed by atoms with van der Waals surface area (Å²) in [5, 5.41) is 5.61. The van der Waals surface area contributed by atoms with E-state index in [0.717, 1.165) is 6.54 Å². The van der Waals surface area contributed by atoms with Gasteiger partial charge in [0.25, 0.3) is 0 Å². The maximum absolute atomic E-state index is 11.4. The lowest BCUT2D eigenvalue weighted by atomic mass is 10.3. The van der Waals surface area contributed by atoms with Gasteiger partial charge in [-0.05, 0) is 6.54 Å². The fourth-order valence-corrected chi connectivity index (χ4v) is 1.20. The Morgan fingerprint density at radius 3 is 3.08 bits per heavy atom. The molecule has 0 spiro atoms. The molecule has 0 aliphatic carbocycles. The Bertz CT molecular complexity index is 206. The van der Waals surface area contributed by atoms with E-state index in [1.807, 2.05) is 6.92 Å². The first-order chi connectivity index (χ1) is 6.24. The van der Waals surface area contributed by atoms with Crippen LogP contribution in [0, 0.1) is 0 Å². The minimum absolute atomic E-state index is 0.00306. The molecule has 0 radical (unpaired) electrons. The first kappa shape index (κ1) is 9.98. The Morgan fingerprint density at radius 1 is 1.69 bits per heavy atom. The van der Waals surface area contributed by atoms with Crippen molar-refractivity contribution >= 4 is 11.8 Å². The molecule has 1 rings (SSSR count). The van der Waals surface area contributed by atoms with E-state index in [1.54, 1.807) is 4.90 Å². The molecule has 5 nitrogen and oxygen atoms in total. The van der Waals surface area contributed by atoms with Crippen LogP contribution in [0.1, 0.15) is 6.92 Å². The molecule has 13 heavy (non-hydrogen) atoms. The van der Waals surface area contributed by atoms with Gasteiger partial charge in [0.15, 0.2) is 0 Å². The zero-order valence-electron chi connectivity index (χ0n) is 7.80. The van der Waals surface area contributed by atoms with E-state index in [2.05, 4.69) is 10.6 Å². The molecule has 1 saturated heterocycles. The van der Waals surface area contributed by atoms with Crippen LogP contribution in [-0.2, 0) is 9.59 Å². The fraction of sp³-hybridized carbons (Fsp3) is 0.750. The van der Waals surface area contributed by atoms with Crippen LogP contribution in [0.4, 0.5) is 0 Å². The summed E-state index contributed by atoms with van der Waals surface area (Å²) in [6, 6.07) is 0. The Kier molecular flexibility index (Phi) is 3.70. The van der Waals surface area contributed by atoms with Gasteiger partial charge in [0, 0.05) is 13.1 Å². The normalized spacial score (nSPS) is 17.0. The number of rotatable bonds is 3. The molecule has 0 bridgehead atoms. The zero-order valence-corrected chi connectivity index (χ0v) is 7.80. The minimum Gasteiger partial charge on any atom is -0.353 e. The van der Waals surface area contributed by atoms with Crippen molar-refractivity contribution in [2.24, 2.45) is 0 Å². The maximum Gasteiger partial charge on any atom is 0.239 e. The monoisotopic (exact) mass is 185 g/mol. The summed E-state index contributed by atoms with van der Waals surface area (Å²) in [5.41, 5.74) is 0. The molecule has 1 aliphatic rings. The van der Waals surface area contributed by atoms with E-state index in [1.165, 1.54) is 0 Å². The second kappa shape index (κ2) is 4.81. The summed E-state index contributed by atoms with van der Waals surface area (Å²) in [5.74, 6) is -0.0761. The Labute approximate surface area is 77.5 Å². The molecule has 5 heteroatoms. The molecule has 0 atom stereocenters. The molecule has 0 aromatic heterocycles. The van der Waals surface area contributed by atoms with Crippen LogP contribution in [0.15, 0.2) is 0 Å². The van der Waals surface area contributed by atoms with Gasteiger partial charge < -0.3 is 15.5 Å². The highest BCUT2D eigenvalue weighted by atomic mass is 16.2. The van der Waals surface area contributed by atoms with Crippen LogP contribution in [0.2, 0.25) is 0 Å². The minimum atomic E-state index is -0.0731. The van der Waals surface area contributed by atoms with Gasteiger partial charge in [-0.25, -0.2) is 0 Å². The van der Waals surface area contributed by atoms with Gasteiger partial charge in [-0.15, -0.1) is 0 Å². The summed E-state index contributed by atoms with van der Waals surface area (Å²) in [4.78, 5) is 23.9. The summed E-state index contributed by atoms with van der Waals surface area (Å²) >= 11 is 0. The SMILES string of the molecule is CCNCC(=O)N1CCNC(=O)C1. The van der Waals surface area contributed by atoms with Gasteiger partial charge in [-0.3, -0.25) is 9.59 Å². The van der Waals surface area contributed by atoms with E-state index in [-0.39, 0.29) is 18.4 Å².